The third-order valence-electron chi connectivity index (χ3n) is 3.48. The van der Waals surface area contributed by atoms with Crippen LogP contribution in [0.4, 0.5) is 0 Å². The normalized spacial score (nSPS) is 11.2. The molecule has 0 radical (unpaired) electrons. The average molecular weight is 260 g/mol. The molecule has 3 aromatic heterocycles. The number of nitrogens with one attached hydrogen (secondary N) is 1. The van der Waals surface area contributed by atoms with Crippen molar-refractivity contribution >= 4 is 22.1 Å². The van der Waals surface area contributed by atoms with Crippen LogP contribution in [-0.4, -0.2) is 19.9 Å². The molecule has 3 heterocycles. The molecule has 4 rings (SSSR count). The Labute approximate surface area is 115 Å². The van der Waals surface area contributed by atoms with Gasteiger partial charge in [0.25, 0.3) is 0 Å². The lowest BCUT2D eigenvalue weighted by molar-refractivity contribution is 1.30. The van der Waals surface area contributed by atoms with E-state index in [2.05, 4.69) is 39.0 Å². The Morgan fingerprint density at radius 3 is 2.85 bits per heavy atom. The number of aromatic nitrogens is 4. The van der Waals surface area contributed by atoms with Gasteiger partial charge in [0.05, 0.1) is 11.0 Å². The summed E-state index contributed by atoms with van der Waals surface area (Å²) in [4.78, 5) is 16.5. The van der Waals surface area contributed by atoms with Gasteiger partial charge in [0.2, 0.25) is 0 Å². The molecule has 4 nitrogen and oxygen atoms in total. The summed E-state index contributed by atoms with van der Waals surface area (Å²) >= 11 is 0. The van der Waals surface area contributed by atoms with E-state index in [0.717, 1.165) is 39.0 Å². The molecule has 20 heavy (non-hydrogen) atoms. The van der Waals surface area contributed by atoms with Crippen LogP contribution in [0.2, 0.25) is 0 Å². The van der Waals surface area contributed by atoms with Crippen molar-refractivity contribution in [3.8, 4) is 11.4 Å². The first-order valence-corrected chi connectivity index (χ1v) is 6.48. The van der Waals surface area contributed by atoms with Crippen LogP contribution in [-0.2, 0) is 0 Å². The number of imidazole rings is 1. The average Bonchev–Trinajstić information content (AvgIpc) is 2.92. The number of nitrogens with zero attached hydrogens (tertiary/aromatic N) is 3. The van der Waals surface area contributed by atoms with Crippen molar-refractivity contribution in [1.82, 2.24) is 19.9 Å². The van der Waals surface area contributed by atoms with Gasteiger partial charge in [-0.05, 0) is 42.8 Å². The Balaban J connectivity index is 1.94. The smallest absolute Gasteiger partial charge is 0.178 e. The van der Waals surface area contributed by atoms with Crippen molar-refractivity contribution in [3.63, 3.8) is 0 Å². The molecule has 0 aliphatic rings. The zero-order chi connectivity index (χ0) is 13.5. The number of pyridine rings is 2. The van der Waals surface area contributed by atoms with Gasteiger partial charge in [0, 0.05) is 23.3 Å². The van der Waals surface area contributed by atoms with E-state index in [1.165, 1.54) is 0 Å². The first-order chi connectivity index (χ1) is 9.81. The number of hydrogen-bond acceptors (Lipinski definition) is 3. The van der Waals surface area contributed by atoms with E-state index in [0.29, 0.717) is 0 Å². The Kier molecular flexibility index (Phi) is 2.29. The van der Waals surface area contributed by atoms with Gasteiger partial charge in [-0.1, -0.05) is 6.07 Å². The van der Waals surface area contributed by atoms with Gasteiger partial charge < -0.3 is 4.98 Å². The summed E-state index contributed by atoms with van der Waals surface area (Å²) in [7, 11) is 0. The SMILES string of the molecule is Cc1ccnc2nc(-c3ccc4ncccc4c3)[nH]c12. The van der Waals surface area contributed by atoms with Crippen LogP contribution in [0.25, 0.3) is 33.5 Å². The molecule has 0 saturated carbocycles. The lowest BCUT2D eigenvalue weighted by Crippen LogP contribution is -1.82. The highest BCUT2D eigenvalue weighted by Gasteiger charge is 2.08. The molecular weight excluding hydrogens is 248 g/mol. The second kappa shape index (κ2) is 4.13. The summed E-state index contributed by atoms with van der Waals surface area (Å²) in [6.07, 6.45) is 3.59. The Bertz CT molecular complexity index is 924. The minimum absolute atomic E-state index is 0.756. The topological polar surface area (TPSA) is 54.5 Å². The maximum atomic E-state index is 4.56. The second-order valence-corrected chi connectivity index (χ2v) is 4.82. The minimum atomic E-state index is 0.756. The van der Waals surface area contributed by atoms with Crippen molar-refractivity contribution < 1.29 is 0 Å². The van der Waals surface area contributed by atoms with E-state index in [1.807, 2.05) is 24.3 Å². The standard InChI is InChI=1S/C16H12N4/c1-10-6-8-18-16-14(10)19-15(20-16)12-4-5-13-11(9-12)3-2-7-17-13/h2-9H,1H3,(H,18,19,20). The molecule has 0 atom stereocenters. The number of fused-ring (bicyclic) bond motifs is 2. The third kappa shape index (κ3) is 1.66. The monoisotopic (exact) mass is 260 g/mol. The van der Waals surface area contributed by atoms with Gasteiger partial charge in [-0.25, -0.2) is 9.97 Å². The number of aryl methyl sites for hydroxylation is 1. The molecule has 1 N–H and O–H groups in total. The Hall–Kier alpha value is -2.75. The van der Waals surface area contributed by atoms with Crippen molar-refractivity contribution in [3.05, 3.63) is 54.4 Å². The summed E-state index contributed by atoms with van der Waals surface area (Å²) < 4.78 is 0. The van der Waals surface area contributed by atoms with Crippen LogP contribution in [0.5, 0.6) is 0 Å². The van der Waals surface area contributed by atoms with Gasteiger partial charge >= 0.3 is 0 Å². The number of H-pyrrole nitrogens is 1. The highest BCUT2D eigenvalue weighted by atomic mass is 15.0. The van der Waals surface area contributed by atoms with Gasteiger partial charge in [-0.15, -0.1) is 0 Å². The van der Waals surface area contributed by atoms with Crippen molar-refractivity contribution in [2.24, 2.45) is 0 Å². The van der Waals surface area contributed by atoms with Crippen LogP contribution >= 0.6 is 0 Å². The lowest BCUT2D eigenvalue weighted by atomic mass is 10.1. The molecule has 0 unspecified atom stereocenters. The van der Waals surface area contributed by atoms with E-state index < -0.39 is 0 Å². The van der Waals surface area contributed by atoms with E-state index in [-0.39, 0.29) is 0 Å². The highest BCUT2D eigenvalue weighted by Crippen LogP contribution is 2.24. The van der Waals surface area contributed by atoms with Crippen LogP contribution in [0.1, 0.15) is 5.56 Å². The summed E-state index contributed by atoms with van der Waals surface area (Å²) in [6.45, 7) is 2.05. The number of aromatic amines is 1. The van der Waals surface area contributed by atoms with E-state index >= 15 is 0 Å². The largest absolute Gasteiger partial charge is 0.336 e. The summed E-state index contributed by atoms with van der Waals surface area (Å²) in [5, 5.41) is 1.11. The van der Waals surface area contributed by atoms with E-state index in [9.17, 15) is 0 Å². The molecule has 0 aliphatic carbocycles. The van der Waals surface area contributed by atoms with Crippen LogP contribution in [0.15, 0.2) is 48.8 Å². The predicted molar refractivity (Wildman–Crippen MR) is 79.4 cm³/mol. The first-order valence-electron chi connectivity index (χ1n) is 6.48. The first kappa shape index (κ1) is 11.1. The molecule has 4 heteroatoms. The van der Waals surface area contributed by atoms with Crippen LogP contribution in [0, 0.1) is 6.92 Å². The summed E-state index contributed by atoms with van der Waals surface area (Å²) in [5.41, 5.74) is 4.93. The van der Waals surface area contributed by atoms with Crippen molar-refractivity contribution in [1.29, 1.82) is 0 Å². The molecule has 96 valence electrons. The van der Waals surface area contributed by atoms with Crippen molar-refractivity contribution in [2.45, 2.75) is 6.92 Å². The molecule has 0 spiro atoms. The fourth-order valence-corrected chi connectivity index (χ4v) is 2.40. The zero-order valence-corrected chi connectivity index (χ0v) is 11.0. The molecule has 0 aliphatic heterocycles. The lowest BCUT2D eigenvalue weighted by Gasteiger charge is -1.99. The maximum Gasteiger partial charge on any atom is 0.178 e. The highest BCUT2D eigenvalue weighted by molar-refractivity contribution is 5.85. The van der Waals surface area contributed by atoms with Gasteiger partial charge in [0.1, 0.15) is 5.82 Å². The molecule has 0 saturated heterocycles. The summed E-state index contributed by atoms with van der Waals surface area (Å²) in [5.74, 6) is 0.840. The number of benzene rings is 1. The fraction of sp³-hybridized carbons (Fsp3) is 0.0625. The Morgan fingerprint density at radius 2 is 1.95 bits per heavy atom. The van der Waals surface area contributed by atoms with Crippen LogP contribution < -0.4 is 0 Å². The molecular formula is C16H12N4. The molecule has 0 bridgehead atoms. The third-order valence-corrected chi connectivity index (χ3v) is 3.48. The second-order valence-electron chi connectivity index (χ2n) is 4.82. The van der Waals surface area contributed by atoms with E-state index in [1.54, 1.807) is 12.4 Å². The number of rotatable bonds is 1. The van der Waals surface area contributed by atoms with Gasteiger partial charge in [-0.3, -0.25) is 4.98 Å². The molecule has 4 aromatic rings. The molecule has 1 aromatic carbocycles. The number of hydrogen-bond donors (Lipinski definition) is 1. The van der Waals surface area contributed by atoms with Crippen LogP contribution in [0.3, 0.4) is 0 Å². The quantitative estimate of drug-likeness (QED) is 0.570. The summed E-state index contributed by atoms with van der Waals surface area (Å²) in [6, 6.07) is 12.1. The van der Waals surface area contributed by atoms with Gasteiger partial charge in [0.15, 0.2) is 5.65 Å². The van der Waals surface area contributed by atoms with E-state index in [4.69, 9.17) is 0 Å². The van der Waals surface area contributed by atoms with Gasteiger partial charge in [-0.2, -0.15) is 0 Å². The molecule has 0 amide bonds. The van der Waals surface area contributed by atoms with Crippen molar-refractivity contribution in [2.75, 3.05) is 0 Å². The Morgan fingerprint density at radius 1 is 1.00 bits per heavy atom. The maximum absolute atomic E-state index is 4.56. The predicted octanol–water partition coefficient (Wildman–Crippen LogP) is 3.48. The fourth-order valence-electron chi connectivity index (χ4n) is 2.40. The minimum Gasteiger partial charge on any atom is -0.336 e. The molecule has 0 fully saturated rings. The zero-order valence-electron chi connectivity index (χ0n) is 11.0.